The van der Waals surface area contributed by atoms with Crippen molar-refractivity contribution in [3.8, 4) is 0 Å². The van der Waals surface area contributed by atoms with Crippen LogP contribution in [0.25, 0.3) is 10.9 Å². The van der Waals surface area contributed by atoms with Gasteiger partial charge in [-0.05, 0) is 18.6 Å². The SMILES string of the molecule is Cc1[nH]c2ccccc2c1CC(=N)N. The summed E-state index contributed by atoms with van der Waals surface area (Å²) >= 11 is 0. The molecule has 1 aromatic heterocycles. The van der Waals surface area contributed by atoms with E-state index >= 15 is 0 Å². The Hall–Kier alpha value is -1.77. The van der Waals surface area contributed by atoms with E-state index in [9.17, 15) is 0 Å². The highest BCUT2D eigenvalue weighted by Gasteiger charge is 2.07. The van der Waals surface area contributed by atoms with Gasteiger partial charge in [-0.1, -0.05) is 18.2 Å². The van der Waals surface area contributed by atoms with Crippen LogP contribution in [0.2, 0.25) is 0 Å². The van der Waals surface area contributed by atoms with E-state index in [1.54, 1.807) is 0 Å². The van der Waals surface area contributed by atoms with Crippen molar-refractivity contribution in [2.45, 2.75) is 13.3 Å². The first-order valence-corrected chi connectivity index (χ1v) is 4.57. The molecule has 1 aromatic carbocycles. The molecule has 0 saturated carbocycles. The van der Waals surface area contributed by atoms with Crippen LogP contribution < -0.4 is 5.73 Å². The molecule has 2 rings (SSSR count). The van der Waals surface area contributed by atoms with Crippen molar-refractivity contribution in [3.63, 3.8) is 0 Å². The summed E-state index contributed by atoms with van der Waals surface area (Å²) in [5, 5.41) is 8.47. The van der Waals surface area contributed by atoms with Crippen LogP contribution >= 0.6 is 0 Å². The Balaban J connectivity index is 2.62. The number of H-pyrrole nitrogens is 1. The number of hydrogen-bond acceptors (Lipinski definition) is 1. The molecular weight excluding hydrogens is 174 g/mol. The lowest BCUT2D eigenvalue weighted by Crippen LogP contribution is -2.12. The molecular formula is C11H13N3. The molecule has 0 amide bonds. The maximum Gasteiger partial charge on any atom is 0.0951 e. The van der Waals surface area contributed by atoms with Crippen LogP contribution in [0.3, 0.4) is 0 Å². The average Bonchev–Trinajstić information content (AvgIpc) is 2.43. The van der Waals surface area contributed by atoms with Gasteiger partial charge in [-0.25, -0.2) is 0 Å². The Labute approximate surface area is 82.4 Å². The van der Waals surface area contributed by atoms with E-state index in [1.165, 1.54) is 5.39 Å². The molecule has 0 aliphatic heterocycles. The number of nitrogens with one attached hydrogen (secondary N) is 2. The predicted octanol–water partition coefficient (Wildman–Crippen LogP) is 1.95. The molecule has 0 fully saturated rings. The predicted molar refractivity (Wildman–Crippen MR) is 58.7 cm³/mol. The first kappa shape index (κ1) is 8.81. The second-order valence-electron chi connectivity index (χ2n) is 3.48. The fourth-order valence-corrected chi connectivity index (χ4v) is 1.75. The molecule has 0 spiro atoms. The third-order valence-electron chi connectivity index (χ3n) is 2.39. The molecule has 0 unspecified atom stereocenters. The summed E-state index contributed by atoms with van der Waals surface area (Å²) < 4.78 is 0. The van der Waals surface area contributed by atoms with Crippen LogP contribution in [0.4, 0.5) is 0 Å². The van der Waals surface area contributed by atoms with Crippen LogP contribution in [0.5, 0.6) is 0 Å². The third-order valence-corrected chi connectivity index (χ3v) is 2.39. The maximum atomic E-state index is 7.31. The summed E-state index contributed by atoms with van der Waals surface area (Å²) in [6.07, 6.45) is 0.524. The van der Waals surface area contributed by atoms with Crippen molar-refractivity contribution < 1.29 is 0 Å². The van der Waals surface area contributed by atoms with Crippen molar-refractivity contribution in [1.82, 2.24) is 4.98 Å². The number of para-hydroxylation sites is 1. The molecule has 2 aromatic rings. The first-order chi connectivity index (χ1) is 6.68. The second-order valence-corrected chi connectivity index (χ2v) is 3.48. The molecule has 72 valence electrons. The summed E-state index contributed by atoms with van der Waals surface area (Å²) in [5.41, 5.74) is 8.76. The number of rotatable bonds is 2. The van der Waals surface area contributed by atoms with Gasteiger partial charge < -0.3 is 10.7 Å². The Bertz CT molecular complexity index is 482. The Morgan fingerprint density at radius 2 is 2.14 bits per heavy atom. The summed E-state index contributed by atoms with van der Waals surface area (Å²) in [5.74, 6) is 0.206. The van der Waals surface area contributed by atoms with Gasteiger partial charge in [0.25, 0.3) is 0 Å². The van der Waals surface area contributed by atoms with Crippen LogP contribution in [-0.2, 0) is 6.42 Å². The molecule has 0 radical (unpaired) electrons. The number of aromatic nitrogens is 1. The molecule has 14 heavy (non-hydrogen) atoms. The van der Waals surface area contributed by atoms with Crippen LogP contribution in [0, 0.1) is 12.3 Å². The zero-order valence-electron chi connectivity index (χ0n) is 8.09. The minimum atomic E-state index is 0.206. The maximum absolute atomic E-state index is 7.31. The highest BCUT2D eigenvalue weighted by Crippen LogP contribution is 2.21. The lowest BCUT2D eigenvalue weighted by molar-refractivity contribution is 1.19. The molecule has 3 heteroatoms. The van der Waals surface area contributed by atoms with Gasteiger partial charge in [0, 0.05) is 23.0 Å². The van der Waals surface area contributed by atoms with E-state index in [0.29, 0.717) is 6.42 Å². The molecule has 0 aliphatic rings. The molecule has 0 bridgehead atoms. The largest absolute Gasteiger partial charge is 0.387 e. The highest BCUT2D eigenvalue weighted by atomic mass is 14.7. The van der Waals surface area contributed by atoms with Gasteiger partial charge in [-0.15, -0.1) is 0 Å². The first-order valence-electron chi connectivity index (χ1n) is 4.57. The number of hydrogen-bond donors (Lipinski definition) is 3. The third kappa shape index (κ3) is 1.37. The Kier molecular flexibility index (Phi) is 2.00. The minimum Gasteiger partial charge on any atom is -0.387 e. The van der Waals surface area contributed by atoms with Gasteiger partial charge in [-0.2, -0.15) is 0 Å². The quantitative estimate of drug-likeness (QED) is 0.488. The number of amidine groups is 1. The topological polar surface area (TPSA) is 65.7 Å². The van der Waals surface area contributed by atoms with Crippen LogP contribution in [0.15, 0.2) is 24.3 Å². The standard InChI is InChI=1S/C11H13N3/c1-7-9(6-11(12)13)8-4-2-3-5-10(8)14-7/h2-5,14H,6H2,1H3,(H3,12,13). The molecule has 0 saturated heterocycles. The van der Waals surface area contributed by atoms with Gasteiger partial charge in [0.2, 0.25) is 0 Å². The molecule has 4 N–H and O–H groups in total. The number of benzene rings is 1. The van der Waals surface area contributed by atoms with Crippen molar-refractivity contribution >= 4 is 16.7 Å². The van der Waals surface area contributed by atoms with Crippen LogP contribution in [-0.4, -0.2) is 10.8 Å². The second kappa shape index (κ2) is 3.18. The molecule has 1 heterocycles. The zero-order chi connectivity index (χ0) is 10.1. The Morgan fingerprint density at radius 1 is 1.43 bits per heavy atom. The fraction of sp³-hybridized carbons (Fsp3) is 0.182. The van der Waals surface area contributed by atoms with Crippen molar-refractivity contribution in [2.24, 2.45) is 5.73 Å². The van der Waals surface area contributed by atoms with Crippen molar-refractivity contribution in [3.05, 3.63) is 35.5 Å². The summed E-state index contributed by atoms with van der Waals surface area (Å²) in [6, 6.07) is 8.08. The van der Waals surface area contributed by atoms with E-state index in [4.69, 9.17) is 11.1 Å². The number of nitrogens with two attached hydrogens (primary N) is 1. The van der Waals surface area contributed by atoms with E-state index in [2.05, 4.69) is 11.1 Å². The summed E-state index contributed by atoms with van der Waals surface area (Å²) in [7, 11) is 0. The lowest BCUT2D eigenvalue weighted by Gasteiger charge is -1.98. The van der Waals surface area contributed by atoms with E-state index in [-0.39, 0.29) is 5.84 Å². The number of aryl methyl sites for hydroxylation is 1. The van der Waals surface area contributed by atoms with Gasteiger partial charge in [0.1, 0.15) is 0 Å². The molecule has 0 atom stereocenters. The fourth-order valence-electron chi connectivity index (χ4n) is 1.75. The van der Waals surface area contributed by atoms with Gasteiger partial charge in [0.15, 0.2) is 0 Å². The average molecular weight is 187 g/mol. The van der Waals surface area contributed by atoms with E-state index < -0.39 is 0 Å². The molecule has 3 nitrogen and oxygen atoms in total. The van der Waals surface area contributed by atoms with E-state index in [1.807, 2.05) is 25.1 Å². The van der Waals surface area contributed by atoms with Gasteiger partial charge in [0.05, 0.1) is 5.84 Å². The monoisotopic (exact) mass is 187 g/mol. The minimum absolute atomic E-state index is 0.206. The number of fused-ring (bicyclic) bond motifs is 1. The summed E-state index contributed by atoms with van der Waals surface area (Å²) in [4.78, 5) is 3.28. The summed E-state index contributed by atoms with van der Waals surface area (Å²) in [6.45, 7) is 2.01. The van der Waals surface area contributed by atoms with Gasteiger partial charge in [-0.3, -0.25) is 5.41 Å². The molecule has 0 aliphatic carbocycles. The highest BCUT2D eigenvalue weighted by molar-refractivity contribution is 5.90. The van der Waals surface area contributed by atoms with Gasteiger partial charge >= 0.3 is 0 Å². The Morgan fingerprint density at radius 3 is 2.86 bits per heavy atom. The van der Waals surface area contributed by atoms with Crippen molar-refractivity contribution in [2.75, 3.05) is 0 Å². The zero-order valence-corrected chi connectivity index (χ0v) is 8.09. The van der Waals surface area contributed by atoms with Crippen LogP contribution in [0.1, 0.15) is 11.3 Å². The number of aromatic amines is 1. The lowest BCUT2D eigenvalue weighted by atomic mass is 10.1. The normalized spacial score (nSPS) is 10.6. The van der Waals surface area contributed by atoms with Crippen molar-refractivity contribution in [1.29, 1.82) is 5.41 Å². The van der Waals surface area contributed by atoms with E-state index in [0.717, 1.165) is 16.8 Å². The smallest absolute Gasteiger partial charge is 0.0951 e.